The summed E-state index contributed by atoms with van der Waals surface area (Å²) < 4.78 is 0. The lowest BCUT2D eigenvalue weighted by Gasteiger charge is -2.27. The highest BCUT2D eigenvalue weighted by Crippen LogP contribution is 2.31. The summed E-state index contributed by atoms with van der Waals surface area (Å²) in [5.74, 6) is 0.206. The highest BCUT2D eigenvalue weighted by Gasteiger charge is 2.35. The standard InChI is InChI=1S/C16H23N3O2/c1-2-14(12-6-4-3-5-7-12)16(20)19(13-8-9-13)11-10-15(17)18-21/h3-7,13-14,21H,2,8-11H2,1H3,(H2,17,18). The van der Waals surface area contributed by atoms with Crippen LogP contribution in [0.3, 0.4) is 0 Å². The lowest BCUT2D eigenvalue weighted by molar-refractivity contribution is -0.133. The van der Waals surface area contributed by atoms with Gasteiger partial charge >= 0.3 is 0 Å². The Hall–Kier alpha value is -2.04. The zero-order chi connectivity index (χ0) is 15.2. The van der Waals surface area contributed by atoms with E-state index in [4.69, 9.17) is 10.9 Å². The molecule has 0 heterocycles. The molecule has 5 heteroatoms. The molecule has 1 atom stereocenters. The van der Waals surface area contributed by atoms with E-state index in [0.717, 1.165) is 24.8 Å². The first-order chi connectivity index (χ1) is 10.2. The maximum atomic E-state index is 12.8. The van der Waals surface area contributed by atoms with Crippen LogP contribution in [-0.4, -0.2) is 34.4 Å². The Labute approximate surface area is 125 Å². The van der Waals surface area contributed by atoms with Crippen molar-refractivity contribution >= 4 is 11.7 Å². The molecule has 1 unspecified atom stereocenters. The number of hydrogen-bond donors (Lipinski definition) is 2. The van der Waals surface area contributed by atoms with Crippen molar-refractivity contribution in [3.8, 4) is 0 Å². The summed E-state index contributed by atoms with van der Waals surface area (Å²) in [4.78, 5) is 14.7. The molecule has 1 fully saturated rings. The third-order valence-corrected chi connectivity index (χ3v) is 3.92. The monoisotopic (exact) mass is 289 g/mol. The fourth-order valence-corrected chi connectivity index (χ4v) is 2.58. The molecule has 0 saturated heterocycles. The van der Waals surface area contributed by atoms with Crippen molar-refractivity contribution in [3.05, 3.63) is 35.9 Å². The van der Waals surface area contributed by atoms with Crippen LogP contribution in [0.5, 0.6) is 0 Å². The Bertz CT molecular complexity index is 498. The fourth-order valence-electron chi connectivity index (χ4n) is 2.58. The quantitative estimate of drug-likeness (QED) is 0.350. The van der Waals surface area contributed by atoms with Crippen LogP contribution in [0, 0.1) is 0 Å². The summed E-state index contributed by atoms with van der Waals surface area (Å²) in [6, 6.07) is 10.2. The molecule has 2 rings (SSSR count). The minimum Gasteiger partial charge on any atom is -0.409 e. The molecule has 0 spiro atoms. The maximum absolute atomic E-state index is 12.8. The topological polar surface area (TPSA) is 78.9 Å². The zero-order valence-corrected chi connectivity index (χ0v) is 12.4. The minimum atomic E-state index is -0.112. The molecule has 1 aliphatic carbocycles. The van der Waals surface area contributed by atoms with Gasteiger partial charge in [0.05, 0.1) is 5.92 Å². The van der Waals surface area contributed by atoms with E-state index in [-0.39, 0.29) is 17.7 Å². The lowest BCUT2D eigenvalue weighted by Crippen LogP contribution is -2.39. The van der Waals surface area contributed by atoms with E-state index in [2.05, 4.69) is 5.16 Å². The van der Waals surface area contributed by atoms with Gasteiger partial charge in [0.1, 0.15) is 5.84 Å². The second-order valence-electron chi connectivity index (χ2n) is 5.48. The SMILES string of the molecule is CCC(C(=O)N(CCC(N)=NO)C1CC1)c1ccccc1. The Morgan fingerprint density at radius 1 is 1.43 bits per heavy atom. The second-order valence-corrected chi connectivity index (χ2v) is 5.48. The Kier molecular flexibility index (Phi) is 5.20. The van der Waals surface area contributed by atoms with Crippen LogP contribution in [0.2, 0.25) is 0 Å². The normalized spacial score (nSPS) is 16.5. The van der Waals surface area contributed by atoms with E-state index in [9.17, 15) is 4.79 Å². The predicted molar refractivity (Wildman–Crippen MR) is 82.2 cm³/mol. The minimum absolute atomic E-state index is 0.112. The van der Waals surface area contributed by atoms with Gasteiger partial charge in [0.2, 0.25) is 5.91 Å². The second kappa shape index (κ2) is 7.11. The van der Waals surface area contributed by atoms with Gasteiger partial charge in [-0.2, -0.15) is 0 Å². The number of amides is 1. The molecule has 1 saturated carbocycles. The summed E-state index contributed by atoms with van der Waals surface area (Å²) in [5, 5.41) is 11.6. The molecule has 0 bridgehead atoms. The van der Waals surface area contributed by atoms with Crippen molar-refractivity contribution in [2.24, 2.45) is 10.9 Å². The maximum Gasteiger partial charge on any atom is 0.230 e. The summed E-state index contributed by atoms with van der Waals surface area (Å²) >= 11 is 0. The predicted octanol–water partition coefficient (Wildman–Crippen LogP) is 2.31. The number of oxime groups is 1. The molecule has 3 N–H and O–H groups in total. The number of hydrogen-bond acceptors (Lipinski definition) is 3. The Balaban J connectivity index is 2.09. The molecule has 114 valence electrons. The first-order valence-corrected chi connectivity index (χ1v) is 7.49. The van der Waals surface area contributed by atoms with Gasteiger partial charge in [-0.3, -0.25) is 4.79 Å². The first-order valence-electron chi connectivity index (χ1n) is 7.49. The lowest BCUT2D eigenvalue weighted by atomic mass is 9.95. The van der Waals surface area contributed by atoms with Gasteiger partial charge < -0.3 is 15.8 Å². The van der Waals surface area contributed by atoms with Crippen molar-refractivity contribution < 1.29 is 10.0 Å². The van der Waals surface area contributed by atoms with E-state index in [1.807, 2.05) is 42.2 Å². The summed E-state index contributed by atoms with van der Waals surface area (Å²) in [5.41, 5.74) is 6.58. The smallest absolute Gasteiger partial charge is 0.230 e. The van der Waals surface area contributed by atoms with Crippen molar-refractivity contribution in [3.63, 3.8) is 0 Å². The van der Waals surface area contributed by atoms with Crippen molar-refractivity contribution in [1.82, 2.24) is 4.90 Å². The number of rotatable bonds is 7. The first kappa shape index (κ1) is 15.4. The van der Waals surface area contributed by atoms with E-state index < -0.39 is 0 Å². The average Bonchev–Trinajstić information content (AvgIpc) is 3.34. The van der Waals surface area contributed by atoms with Gasteiger partial charge in [-0.25, -0.2) is 0 Å². The summed E-state index contributed by atoms with van der Waals surface area (Å²) in [6.07, 6.45) is 3.28. The van der Waals surface area contributed by atoms with Crippen LogP contribution >= 0.6 is 0 Å². The number of benzene rings is 1. The van der Waals surface area contributed by atoms with Gasteiger partial charge in [0.25, 0.3) is 0 Å². The number of carbonyl (C=O) groups excluding carboxylic acids is 1. The number of amidine groups is 1. The van der Waals surface area contributed by atoms with E-state index >= 15 is 0 Å². The fraction of sp³-hybridized carbons (Fsp3) is 0.500. The zero-order valence-electron chi connectivity index (χ0n) is 12.4. The van der Waals surface area contributed by atoms with E-state index in [0.29, 0.717) is 19.0 Å². The number of carbonyl (C=O) groups is 1. The molecule has 0 aliphatic heterocycles. The van der Waals surface area contributed by atoms with E-state index in [1.165, 1.54) is 0 Å². The van der Waals surface area contributed by atoms with Crippen molar-refractivity contribution in [2.45, 2.75) is 44.6 Å². The number of nitrogens with zero attached hydrogens (tertiary/aromatic N) is 2. The van der Waals surface area contributed by atoms with Crippen LogP contribution < -0.4 is 5.73 Å². The van der Waals surface area contributed by atoms with Gasteiger partial charge in [0, 0.05) is 19.0 Å². The number of nitrogens with two attached hydrogens (primary N) is 1. The molecule has 0 radical (unpaired) electrons. The molecule has 0 aromatic heterocycles. The van der Waals surface area contributed by atoms with Crippen LogP contribution in [0.1, 0.15) is 44.1 Å². The van der Waals surface area contributed by atoms with Crippen LogP contribution in [0.25, 0.3) is 0 Å². The molecule has 21 heavy (non-hydrogen) atoms. The highest BCUT2D eigenvalue weighted by molar-refractivity contribution is 5.85. The van der Waals surface area contributed by atoms with Gasteiger partial charge in [0.15, 0.2) is 0 Å². The average molecular weight is 289 g/mol. The molecule has 1 aromatic rings. The summed E-state index contributed by atoms with van der Waals surface area (Å²) in [6.45, 7) is 2.55. The summed E-state index contributed by atoms with van der Waals surface area (Å²) in [7, 11) is 0. The molecule has 1 aromatic carbocycles. The molecular formula is C16H23N3O2. The van der Waals surface area contributed by atoms with Crippen molar-refractivity contribution in [2.75, 3.05) is 6.54 Å². The third-order valence-electron chi connectivity index (χ3n) is 3.92. The van der Waals surface area contributed by atoms with Gasteiger partial charge in [-0.1, -0.05) is 42.4 Å². The highest BCUT2D eigenvalue weighted by atomic mass is 16.4. The van der Waals surface area contributed by atoms with Crippen LogP contribution in [0.15, 0.2) is 35.5 Å². The van der Waals surface area contributed by atoms with Crippen LogP contribution in [0.4, 0.5) is 0 Å². The van der Waals surface area contributed by atoms with E-state index in [1.54, 1.807) is 0 Å². The largest absolute Gasteiger partial charge is 0.409 e. The Morgan fingerprint density at radius 3 is 2.62 bits per heavy atom. The van der Waals surface area contributed by atoms with Crippen LogP contribution in [-0.2, 0) is 4.79 Å². The molecule has 1 aliphatic rings. The molecular weight excluding hydrogens is 266 g/mol. The Morgan fingerprint density at radius 2 is 2.10 bits per heavy atom. The van der Waals surface area contributed by atoms with Gasteiger partial charge in [-0.15, -0.1) is 0 Å². The molecule has 1 amide bonds. The molecule has 5 nitrogen and oxygen atoms in total. The van der Waals surface area contributed by atoms with Crippen molar-refractivity contribution in [1.29, 1.82) is 0 Å². The van der Waals surface area contributed by atoms with Gasteiger partial charge in [-0.05, 0) is 24.8 Å². The third kappa shape index (κ3) is 3.97.